The Labute approximate surface area is 606 Å². The summed E-state index contributed by atoms with van der Waals surface area (Å²) in [5.74, 6) is 5.78. The molecule has 0 radical (unpaired) electrons. The van der Waals surface area contributed by atoms with Crippen LogP contribution in [-0.4, -0.2) is 29.5 Å². The molecule has 0 atom stereocenters. The van der Waals surface area contributed by atoms with Crippen molar-refractivity contribution in [1.29, 1.82) is 0 Å². The lowest BCUT2D eigenvalue weighted by molar-refractivity contribution is 0.418. The number of para-hydroxylation sites is 6. The maximum Gasteiger partial charge on any atom is 0.167 e. The van der Waals surface area contributed by atoms with Crippen LogP contribution in [0.15, 0.2) is 295 Å². The van der Waals surface area contributed by atoms with E-state index in [9.17, 15) is 0 Å². The number of aromatic nitrogens is 6. The standard InChI is InChI=1S/C50H46N4O.C43H31N3OS/c1-48(2,3)33-25-27-40-36(29-33)37-30-34(49(4,5)6)26-28-41(37)54(40)42-24-16-23-39-44(42)55-43-35(21-15-22-38(43)50(39,7)8)47-52-45(31-17-11-9-12-18-31)51-46(53-47)32-19-13-10-14-20-32;1-43(2)31-20-13-19-30(34-27-33(28-15-5-3-6-16-28)44-42(45-34)29-17-7-4-8-18-29)40(31)47-41-32(43)21-14-24-37(41)46-35-22-9-11-25-38(35)48-39-26-12-10-23-36(39)46/h9-30H,1-8H3;3-27H,1-2H3. The molecule has 0 unspecified atom stereocenters. The highest BCUT2D eigenvalue weighted by atomic mass is 32.2. The molecule has 0 N–H and O–H groups in total. The van der Waals surface area contributed by atoms with Crippen LogP contribution in [0.5, 0.6) is 23.0 Å². The highest BCUT2D eigenvalue weighted by Crippen LogP contribution is 2.60. The van der Waals surface area contributed by atoms with E-state index in [1.54, 1.807) is 0 Å². The molecule has 0 saturated carbocycles. The van der Waals surface area contributed by atoms with E-state index in [-0.39, 0.29) is 21.7 Å². The van der Waals surface area contributed by atoms with Crippen molar-refractivity contribution in [2.24, 2.45) is 0 Å². The molecule has 3 aliphatic heterocycles. The first-order valence-electron chi connectivity index (χ1n) is 35.4. The van der Waals surface area contributed by atoms with Gasteiger partial charge in [-0.15, -0.1) is 0 Å². The van der Waals surface area contributed by atoms with Crippen molar-refractivity contribution in [2.75, 3.05) is 4.90 Å². The molecule has 502 valence electrons. The molecule has 3 aliphatic rings. The van der Waals surface area contributed by atoms with Gasteiger partial charge in [-0.05, 0) is 101 Å². The predicted octanol–water partition coefficient (Wildman–Crippen LogP) is 24.8. The third-order valence-corrected chi connectivity index (χ3v) is 21.7. The number of hydrogen-bond donors (Lipinski definition) is 0. The molecular weight excluding hydrogens is 1280 g/mol. The van der Waals surface area contributed by atoms with Crippen LogP contribution in [0, 0.1) is 0 Å². The highest BCUT2D eigenvalue weighted by Gasteiger charge is 2.41. The van der Waals surface area contributed by atoms with E-state index in [4.69, 9.17) is 34.4 Å². The van der Waals surface area contributed by atoms with E-state index in [1.807, 2.05) is 109 Å². The Balaban J connectivity index is 0.000000154. The maximum absolute atomic E-state index is 7.28. The number of fused-ring (bicyclic) bond motifs is 9. The first kappa shape index (κ1) is 64.6. The lowest BCUT2D eigenvalue weighted by Gasteiger charge is -2.39. The Hall–Kier alpha value is -11.7. The minimum atomic E-state index is -0.385. The number of hydrogen-bond acceptors (Lipinski definition) is 9. The quantitative estimate of drug-likeness (QED) is 0.148. The smallest absolute Gasteiger partial charge is 0.167 e. The Morgan fingerprint density at radius 3 is 1.17 bits per heavy atom. The first-order chi connectivity index (χ1) is 49.8. The van der Waals surface area contributed by atoms with Crippen LogP contribution in [0.2, 0.25) is 0 Å². The van der Waals surface area contributed by atoms with Gasteiger partial charge in [-0.3, -0.25) is 0 Å². The summed E-state index contributed by atoms with van der Waals surface area (Å²) < 4.78 is 16.9. The molecule has 18 rings (SSSR count). The van der Waals surface area contributed by atoms with Gasteiger partial charge in [0.15, 0.2) is 34.8 Å². The number of anilines is 3. The van der Waals surface area contributed by atoms with Crippen molar-refractivity contribution in [2.45, 2.75) is 101 Å². The fourth-order valence-electron chi connectivity index (χ4n) is 14.9. The Kier molecular flexibility index (Phi) is 15.8. The first-order valence-corrected chi connectivity index (χ1v) is 36.2. The third kappa shape index (κ3) is 11.4. The number of rotatable bonds is 8. The van der Waals surface area contributed by atoms with Crippen LogP contribution in [-0.2, 0) is 21.7 Å². The number of benzene rings is 12. The van der Waals surface area contributed by atoms with Gasteiger partial charge in [-0.25, -0.2) is 24.9 Å². The third-order valence-electron chi connectivity index (χ3n) is 20.6. The highest BCUT2D eigenvalue weighted by molar-refractivity contribution is 7.99. The zero-order valence-electron chi connectivity index (χ0n) is 59.5. The summed E-state index contributed by atoms with van der Waals surface area (Å²) in [4.78, 5) is 30.2. The molecule has 103 heavy (non-hydrogen) atoms. The molecule has 0 amide bonds. The summed E-state index contributed by atoms with van der Waals surface area (Å²) in [5.41, 5.74) is 20.4. The minimum Gasteiger partial charge on any atom is -0.454 e. The van der Waals surface area contributed by atoms with Gasteiger partial charge in [0, 0.05) is 81.5 Å². The normalized spacial score (nSPS) is 13.8. The minimum absolute atomic E-state index is 0.0131. The van der Waals surface area contributed by atoms with Gasteiger partial charge in [0.1, 0.15) is 11.5 Å². The van der Waals surface area contributed by atoms with E-state index in [2.05, 4.69) is 267 Å². The molecule has 0 aliphatic carbocycles. The van der Waals surface area contributed by atoms with Gasteiger partial charge in [0.05, 0.1) is 50.7 Å². The zero-order chi connectivity index (χ0) is 70.5. The Morgan fingerprint density at radius 1 is 0.311 bits per heavy atom. The topological polar surface area (TPSA) is 91.1 Å². The van der Waals surface area contributed by atoms with Gasteiger partial charge in [0.2, 0.25) is 0 Å². The van der Waals surface area contributed by atoms with Crippen LogP contribution in [0.1, 0.15) is 103 Å². The van der Waals surface area contributed by atoms with Crippen molar-refractivity contribution in [3.63, 3.8) is 0 Å². The van der Waals surface area contributed by atoms with Crippen LogP contribution < -0.4 is 14.4 Å². The number of ether oxygens (including phenoxy) is 2. The second-order valence-corrected chi connectivity index (χ2v) is 31.1. The van der Waals surface area contributed by atoms with Crippen LogP contribution in [0.25, 0.3) is 95.6 Å². The molecule has 10 heteroatoms. The van der Waals surface area contributed by atoms with Crippen LogP contribution in [0.3, 0.4) is 0 Å². The summed E-state index contributed by atoms with van der Waals surface area (Å²) in [5, 5.41) is 2.49. The molecular formula is C93H77N7O2S. The molecule has 0 bridgehead atoms. The second-order valence-electron chi connectivity index (χ2n) is 30.0. The molecule has 6 heterocycles. The summed E-state index contributed by atoms with van der Waals surface area (Å²) >= 11 is 1.81. The van der Waals surface area contributed by atoms with Gasteiger partial charge in [0.25, 0.3) is 0 Å². The van der Waals surface area contributed by atoms with Crippen molar-refractivity contribution < 1.29 is 9.47 Å². The fourth-order valence-corrected chi connectivity index (χ4v) is 16.0. The van der Waals surface area contributed by atoms with E-state index < -0.39 is 0 Å². The Morgan fingerprint density at radius 2 is 0.680 bits per heavy atom. The lowest BCUT2D eigenvalue weighted by atomic mass is 9.74. The maximum atomic E-state index is 7.28. The largest absolute Gasteiger partial charge is 0.454 e. The molecule has 3 aromatic heterocycles. The van der Waals surface area contributed by atoms with E-state index in [0.717, 1.165) is 124 Å². The summed E-state index contributed by atoms with van der Waals surface area (Å²) in [6.07, 6.45) is 0. The SMILES string of the molecule is CC(C)(C)c1ccc2c(c1)c1cc(C(C)(C)C)ccc1n2-c1cccc2c1Oc1c(-c3nc(-c4ccccc4)nc(-c4ccccc4)n3)cccc1C2(C)C.CC1(C)c2cccc(-c3cc(-c4ccccc4)nc(-c4ccccc4)n3)c2Oc2c(N3c4ccccc4Sc4ccccc43)cccc21. The van der Waals surface area contributed by atoms with Crippen molar-refractivity contribution in [1.82, 2.24) is 29.5 Å². The van der Waals surface area contributed by atoms with Crippen molar-refractivity contribution in [3.8, 4) is 96.8 Å². The fraction of sp³-hybridized carbons (Fsp3) is 0.151. The summed E-state index contributed by atoms with van der Waals surface area (Å²) in [6.45, 7) is 22.9. The van der Waals surface area contributed by atoms with Crippen molar-refractivity contribution in [3.05, 3.63) is 318 Å². The average molecular weight is 1360 g/mol. The second kappa shape index (κ2) is 25.1. The van der Waals surface area contributed by atoms with Crippen LogP contribution >= 0.6 is 11.8 Å². The van der Waals surface area contributed by atoms with Gasteiger partial charge >= 0.3 is 0 Å². The zero-order valence-corrected chi connectivity index (χ0v) is 60.3. The monoisotopic (exact) mass is 1360 g/mol. The van der Waals surface area contributed by atoms with Gasteiger partial charge in [-0.1, -0.05) is 287 Å². The molecule has 15 aromatic rings. The predicted molar refractivity (Wildman–Crippen MR) is 422 cm³/mol. The molecule has 0 fully saturated rings. The summed E-state index contributed by atoms with van der Waals surface area (Å²) in [7, 11) is 0. The summed E-state index contributed by atoms with van der Waals surface area (Å²) in [6, 6.07) is 99.8. The van der Waals surface area contributed by atoms with Crippen molar-refractivity contribution >= 4 is 50.6 Å². The van der Waals surface area contributed by atoms with Crippen LogP contribution in [0.4, 0.5) is 17.1 Å². The number of nitrogens with zero attached hydrogens (tertiary/aromatic N) is 7. The van der Waals surface area contributed by atoms with Gasteiger partial charge in [-0.2, -0.15) is 0 Å². The molecule has 0 saturated heterocycles. The molecule has 0 spiro atoms. The molecule has 9 nitrogen and oxygen atoms in total. The lowest BCUT2D eigenvalue weighted by Crippen LogP contribution is -2.26. The van der Waals surface area contributed by atoms with E-state index in [1.165, 1.54) is 31.7 Å². The van der Waals surface area contributed by atoms with E-state index in [0.29, 0.717) is 23.3 Å². The molecule has 12 aromatic carbocycles. The average Bonchev–Trinajstić information content (AvgIpc) is 1.71. The van der Waals surface area contributed by atoms with Gasteiger partial charge < -0.3 is 18.9 Å². The van der Waals surface area contributed by atoms with E-state index >= 15 is 0 Å². The Bertz CT molecular complexity index is 5580.